The van der Waals surface area contributed by atoms with Crippen LogP contribution in [0.2, 0.25) is 0 Å². The molecule has 0 fully saturated rings. The lowest BCUT2D eigenvalue weighted by Gasteiger charge is -2.16. The summed E-state index contributed by atoms with van der Waals surface area (Å²) in [5.74, 6) is 0.831. The normalized spacial score (nSPS) is 12.1. The average Bonchev–Trinajstić information content (AvgIpc) is 3.13. The van der Waals surface area contributed by atoms with Gasteiger partial charge in [0.25, 0.3) is 5.91 Å². The van der Waals surface area contributed by atoms with Crippen molar-refractivity contribution in [2.24, 2.45) is 0 Å². The van der Waals surface area contributed by atoms with Crippen LogP contribution in [0, 0.1) is 0 Å². The van der Waals surface area contributed by atoms with Gasteiger partial charge in [0.15, 0.2) is 0 Å². The first-order valence-corrected chi connectivity index (χ1v) is 9.47. The summed E-state index contributed by atoms with van der Waals surface area (Å²) in [6, 6.07) is 16.0. The molecule has 0 spiro atoms. The zero-order chi connectivity index (χ0) is 19.7. The van der Waals surface area contributed by atoms with E-state index >= 15 is 0 Å². The van der Waals surface area contributed by atoms with Crippen LogP contribution in [-0.4, -0.2) is 24.5 Å². The second kappa shape index (κ2) is 7.59. The van der Waals surface area contributed by atoms with E-state index in [0.717, 1.165) is 27.3 Å². The summed E-state index contributed by atoms with van der Waals surface area (Å²) in [6.07, 6.45) is 0. The van der Waals surface area contributed by atoms with Crippen LogP contribution in [0.5, 0.6) is 11.5 Å². The number of fused-ring (bicyclic) bond motifs is 3. The molecule has 4 rings (SSSR count). The number of amides is 1. The summed E-state index contributed by atoms with van der Waals surface area (Å²) in [6.45, 7) is -2.04. The van der Waals surface area contributed by atoms with Crippen molar-refractivity contribution in [1.82, 2.24) is 4.90 Å². The standard InChI is InChI=1S/C21H17F2NO3S/c1-24(11-13-6-8-15(9-7-13)27-21(22)23)20(25)18-10-14-12-26-17-5-3-2-4-16(17)19(14)28-18/h2-10,21H,11-12H2,1H3. The van der Waals surface area contributed by atoms with E-state index in [4.69, 9.17) is 4.74 Å². The van der Waals surface area contributed by atoms with Crippen LogP contribution in [0.25, 0.3) is 10.4 Å². The van der Waals surface area contributed by atoms with Crippen molar-refractivity contribution < 1.29 is 23.0 Å². The molecule has 7 heteroatoms. The molecule has 0 N–H and O–H groups in total. The summed E-state index contributed by atoms with van der Waals surface area (Å²) in [5, 5.41) is 0. The van der Waals surface area contributed by atoms with Gasteiger partial charge < -0.3 is 14.4 Å². The summed E-state index contributed by atoms with van der Waals surface area (Å²) >= 11 is 1.46. The predicted molar refractivity (Wildman–Crippen MR) is 103 cm³/mol. The highest BCUT2D eigenvalue weighted by Crippen LogP contribution is 2.42. The Balaban J connectivity index is 1.49. The van der Waals surface area contributed by atoms with E-state index in [0.29, 0.717) is 18.0 Å². The first-order valence-electron chi connectivity index (χ1n) is 8.65. The maximum atomic E-state index is 12.9. The topological polar surface area (TPSA) is 38.8 Å². The van der Waals surface area contributed by atoms with Crippen molar-refractivity contribution in [3.8, 4) is 21.9 Å². The maximum Gasteiger partial charge on any atom is 0.387 e. The monoisotopic (exact) mass is 401 g/mol. The number of carbonyl (C=O) groups is 1. The predicted octanol–water partition coefficient (Wildman–Crippen LogP) is 5.18. The number of thiophene rings is 1. The van der Waals surface area contributed by atoms with Crippen LogP contribution >= 0.6 is 11.3 Å². The van der Waals surface area contributed by atoms with Crippen molar-refractivity contribution >= 4 is 17.2 Å². The molecule has 1 aliphatic rings. The molecule has 0 saturated carbocycles. The van der Waals surface area contributed by atoms with Gasteiger partial charge in [-0.25, -0.2) is 0 Å². The molecule has 1 amide bonds. The molecule has 144 valence electrons. The minimum atomic E-state index is -2.85. The molecule has 2 heterocycles. The Bertz CT molecular complexity index is 1000. The van der Waals surface area contributed by atoms with Crippen LogP contribution < -0.4 is 9.47 Å². The van der Waals surface area contributed by atoms with Gasteiger partial charge in [0.05, 0.1) is 4.88 Å². The molecule has 0 saturated heterocycles. The summed E-state index contributed by atoms with van der Waals surface area (Å²) in [7, 11) is 1.72. The smallest absolute Gasteiger partial charge is 0.387 e. The van der Waals surface area contributed by atoms with E-state index in [1.165, 1.54) is 23.5 Å². The highest BCUT2D eigenvalue weighted by atomic mass is 32.1. The number of para-hydroxylation sites is 1. The van der Waals surface area contributed by atoms with E-state index in [1.54, 1.807) is 24.1 Å². The van der Waals surface area contributed by atoms with Crippen LogP contribution in [0.3, 0.4) is 0 Å². The minimum Gasteiger partial charge on any atom is -0.488 e. The average molecular weight is 401 g/mol. The molecule has 3 aromatic rings. The fourth-order valence-corrected chi connectivity index (χ4v) is 4.31. The lowest BCUT2D eigenvalue weighted by molar-refractivity contribution is -0.0498. The second-order valence-electron chi connectivity index (χ2n) is 6.43. The van der Waals surface area contributed by atoms with Crippen molar-refractivity contribution in [2.45, 2.75) is 19.8 Å². The number of ether oxygens (including phenoxy) is 2. The SMILES string of the molecule is CN(Cc1ccc(OC(F)F)cc1)C(=O)c1cc2c(s1)-c1ccccc1OC2. The van der Waals surface area contributed by atoms with Crippen LogP contribution in [0.1, 0.15) is 20.8 Å². The molecule has 0 atom stereocenters. The highest BCUT2D eigenvalue weighted by molar-refractivity contribution is 7.17. The number of alkyl halides is 2. The Morgan fingerprint density at radius 3 is 2.71 bits per heavy atom. The van der Waals surface area contributed by atoms with E-state index in [-0.39, 0.29) is 11.7 Å². The van der Waals surface area contributed by atoms with Gasteiger partial charge in [-0.05, 0) is 35.9 Å². The lowest BCUT2D eigenvalue weighted by atomic mass is 10.1. The zero-order valence-corrected chi connectivity index (χ0v) is 15.8. The van der Waals surface area contributed by atoms with Gasteiger partial charge in [-0.15, -0.1) is 11.3 Å². The Kier molecular flexibility index (Phi) is 5.00. The van der Waals surface area contributed by atoms with Crippen LogP contribution in [-0.2, 0) is 13.2 Å². The van der Waals surface area contributed by atoms with E-state index in [2.05, 4.69) is 4.74 Å². The fourth-order valence-electron chi connectivity index (χ4n) is 3.11. The van der Waals surface area contributed by atoms with E-state index < -0.39 is 6.61 Å². The van der Waals surface area contributed by atoms with Gasteiger partial charge in [-0.1, -0.05) is 24.3 Å². The number of benzene rings is 2. The first kappa shape index (κ1) is 18.4. The Hall–Kier alpha value is -2.93. The number of hydrogen-bond acceptors (Lipinski definition) is 4. The molecule has 28 heavy (non-hydrogen) atoms. The molecular weight excluding hydrogens is 384 g/mol. The molecule has 0 radical (unpaired) electrons. The lowest BCUT2D eigenvalue weighted by Crippen LogP contribution is -2.25. The number of carbonyl (C=O) groups excluding carboxylic acids is 1. The number of hydrogen-bond donors (Lipinski definition) is 0. The largest absolute Gasteiger partial charge is 0.488 e. The second-order valence-corrected chi connectivity index (χ2v) is 7.49. The molecule has 1 aliphatic heterocycles. The van der Waals surface area contributed by atoms with E-state index in [1.807, 2.05) is 30.3 Å². The molecule has 1 aromatic heterocycles. The third kappa shape index (κ3) is 3.71. The van der Waals surface area contributed by atoms with Gasteiger partial charge in [0, 0.05) is 29.6 Å². The van der Waals surface area contributed by atoms with Gasteiger partial charge in [0.1, 0.15) is 18.1 Å². The van der Waals surface area contributed by atoms with Crippen LogP contribution in [0.4, 0.5) is 8.78 Å². The zero-order valence-electron chi connectivity index (χ0n) is 15.0. The highest BCUT2D eigenvalue weighted by Gasteiger charge is 2.23. The Labute approximate surface area is 164 Å². The molecule has 4 nitrogen and oxygen atoms in total. The Morgan fingerprint density at radius 2 is 1.96 bits per heavy atom. The molecule has 0 aliphatic carbocycles. The minimum absolute atomic E-state index is 0.0928. The summed E-state index contributed by atoms with van der Waals surface area (Å²) in [4.78, 5) is 16.2. The van der Waals surface area contributed by atoms with Gasteiger partial charge in [-0.2, -0.15) is 8.78 Å². The number of nitrogens with zero attached hydrogens (tertiary/aromatic N) is 1. The number of rotatable bonds is 5. The summed E-state index contributed by atoms with van der Waals surface area (Å²) < 4.78 is 34.6. The third-order valence-electron chi connectivity index (χ3n) is 4.45. The van der Waals surface area contributed by atoms with Crippen molar-refractivity contribution in [1.29, 1.82) is 0 Å². The number of halogens is 2. The summed E-state index contributed by atoms with van der Waals surface area (Å²) in [5.41, 5.74) is 2.84. The maximum absolute atomic E-state index is 12.9. The molecular formula is C21H17F2NO3S. The van der Waals surface area contributed by atoms with Gasteiger partial charge in [-0.3, -0.25) is 4.79 Å². The third-order valence-corrected chi connectivity index (χ3v) is 5.65. The van der Waals surface area contributed by atoms with Crippen LogP contribution in [0.15, 0.2) is 54.6 Å². The molecule has 0 bridgehead atoms. The Morgan fingerprint density at radius 1 is 1.21 bits per heavy atom. The fraction of sp³-hybridized carbons (Fsp3) is 0.190. The molecule has 2 aromatic carbocycles. The van der Waals surface area contributed by atoms with Crippen molar-refractivity contribution in [3.05, 3.63) is 70.6 Å². The van der Waals surface area contributed by atoms with E-state index in [9.17, 15) is 13.6 Å². The quantitative estimate of drug-likeness (QED) is 0.591. The first-order chi connectivity index (χ1) is 13.5. The molecule has 0 unspecified atom stereocenters. The van der Waals surface area contributed by atoms with Gasteiger partial charge >= 0.3 is 6.61 Å². The van der Waals surface area contributed by atoms with Gasteiger partial charge in [0.2, 0.25) is 0 Å². The van der Waals surface area contributed by atoms with Crippen molar-refractivity contribution in [3.63, 3.8) is 0 Å². The van der Waals surface area contributed by atoms with Crippen molar-refractivity contribution in [2.75, 3.05) is 7.05 Å².